The molecule has 3 rings (SSSR count). The topological polar surface area (TPSA) is 53.8 Å². The summed E-state index contributed by atoms with van der Waals surface area (Å²) in [6.45, 7) is 2.97. The highest BCUT2D eigenvalue weighted by Crippen LogP contribution is 2.25. The number of benzene rings is 1. The average molecular weight is 358 g/mol. The lowest BCUT2D eigenvalue weighted by Crippen LogP contribution is -2.46. The predicted octanol–water partition coefficient (Wildman–Crippen LogP) is 3.49. The second-order valence-corrected chi connectivity index (χ2v) is 6.78. The number of amides is 2. The van der Waals surface area contributed by atoms with Crippen molar-refractivity contribution in [2.45, 2.75) is 25.8 Å². The lowest BCUT2D eigenvalue weighted by atomic mass is 9.95. The Bertz CT molecular complexity index is 758. The molecule has 6 heteroatoms. The fourth-order valence-electron chi connectivity index (χ4n) is 3.38. The first-order chi connectivity index (χ1) is 12.5. The number of halogens is 1. The average Bonchev–Trinajstić information content (AvgIpc) is 3.21. The minimum atomic E-state index is -0.296. The Morgan fingerprint density at radius 1 is 1.27 bits per heavy atom. The molecule has 1 aliphatic rings. The first-order valence-electron chi connectivity index (χ1n) is 8.81. The number of furan rings is 1. The second kappa shape index (κ2) is 7.72. The third kappa shape index (κ3) is 3.79. The van der Waals surface area contributed by atoms with Crippen LogP contribution in [-0.2, 0) is 4.79 Å². The van der Waals surface area contributed by atoms with E-state index in [2.05, 4.69) is 0 Å². The quantitative estimate of drug-likeness (QED) is 0.841. The van der Waals surface area contributed by atoms with Crippen molar-refractivity contribution in [3.8, 4) is 0 Å². The summed E-state index contributed by atoms with van der Waals surface area (Å²) in [4.78, 5) is 28.8. The highest BCUT2D eigenvalue weighted by atomic mass is 19.1. The van der Waals surface area contributed by atoms with Crippen molar-refractivity contribution in [1.29, 1.82) is 0 Å². The molecule has 0 spiro atoms. The first kappa shape index (κ1) is 18.2. The number of hydrogen-bond donors (Lipinski definition) is 0. The monoisotopic (exact) mass is 358 g/mol. The Balaban J connectivity index is 1.66. The summed E-state index contributed by atoms with van der Waals surface area (Å²) < 4.78 is 18.1. The minimum absolute atomic E-state index is 0.00604. The van der Waals surface area contributed by atoms with Crippen LogP contribution >= 0.6 is 0 Å². The summed E-state index contributed by atoms with van der Waals surface area (Å²) >= 11 is 0. The van der Waals surface area contributed by atoms with Crippen molar-refractivity contribution in [3.63, 3.8) is 0 Å². The van der Waals surface area contributed by atoms with Crippen LogP contribution in [-0.4, -0.2) is 41.8 Å². The minimum Gasteiger partial charge on any atom is -0.472 e. The van der Waals surface area contributed by atoms with E-state index in [0.29, 0.717) is 18.7 Å². The van der Waals surface area contributed by atoms with E-state index in [9.17, 15) is 14.0 Å². The molecule has 0 radical (unpaired) electrons. The van der Waals surface area contributed by atoms with Crippen molar-refractivity contribution in [2.75, 3.05) is 20.1 Å². The maximum atomic E-state index is 13.1. The van der Waals surface area contributed by atoms with E-state index >= 15 is 0 Å². The lowest BCUT2D eigenvalue weighted by Gasteiger charge is -2.35. The van der Waals surface area contributed by atoms with Crippen LogP contribution in [0.3, 0.4) is 0 Å². The van der Waals surface area contributed by atoms with Crippen molar-refractivity contribution in [3.05, 3.63) is 59.8 Å². The molecule has 1 saturated heterocycles. The molecule has 1 fully saturated rings. The molecule has 0 saturated carbocycles. The zero-order valence-electron chi connectivity index (χ0n) is 15.0. The Labute approximate surface area is 152 Å². The maximum absolute atomic E-state index is 13.1. The Kier molecular flexibility index (Phi) is 5.40. The molecule has 1 aromatic carbocycles. The van der Waals surface area contributed by atoms with Gasteiger partial charge in [0.15, 0.2) is 0 Å². The van der Waals surface area contributed by atoms with Crippen molar-refractivity contribution < 1.29 is 18.4 Å². The lowest BCUT2D eigenvalue weighted by molar-refractivity contribution is -0.137. The van der Waals surface area contributed by atoms with Gasteiger partial charge in [-0.3, -0.25) is 9.59 Å². The molecule has 5 nitrogen and oxygen atoms in total. The predicted molar refractivity (Wildman–Crippen MR) is 94.9 cm³/mol. The van der Waals surface area contributed by atoms with Gasteiger partial charge in [0.25, 0.3) is 5.91 Å². The SMILES string of the molecule is C[C@@H](c1ccc(F)cc1)N(C)C(=O)[C@H]1CCCN(C(=O)c2ccoc2)C1. The van der Waals surface area contributed by atoms with E-state index in [0.717, 1.165) is 18.4 Å². The largest absolute Gasteiger partial charge is 0.472 e. The van der Waals surface area contributed by atoms with Gasteiger partial charge in [0.05, 0.1) is 23.8 Å². The number of nitrogens with zero attached hydrogens (tertiary/aromatic N) is 2. The van der Waals surface area contributed by atoms with E-state index in [1.54, 1.807) is 35.0 Å². The summed E-state index contributed by atoms with van der Waals surface area (Å²) in [6.07, 6.45) is 4.45. The Morgan fingerprint density at radius 2 is 2.00 bits per heavy atom. The van der Waals surface area contributed by atoms with Gasteiger partial charge in [-0.25, -0.2) is 4.39 Å². The Hall–Kier alpha value is -2.63. The fraction of sp³-hybridized carbons (Fsp3) is 0.400. The molecule has 138 valence electrons. The van der Waals surface area contributed by atoms with Crippen molar-refractivity contribution in [1.82, 2.24) is 9.80 Å². The number of carbonyl (C=O) groups excluding carboxylic acids is 2. The standard InChI is InChI=1S/C20H23FN2O3/c1-14(15-5-7-18(21)8-6-15)22(2)19(24)16-4-3-10-23(12-16)20(25)17-9-11-26-13-17/h5-9,11,13-14,16H,3-4,10,12H2,1-2H3/t14-,16-/m0/s1. The van der Waals surface area contributed by atoms with Gasteiger partial charge in [-0.2, -0.15) is 0 Å². The fourth-order valence-corrected chi connectivity index (χ4v) is 3.38. The normalized spacial score (nSPS) is 18.4. The van der Waals surface area contributed by atoms with Crippen LogP contribution in [0.4, 0.5) is 4.39 Å². The number of piperidine rings is 1. The van der Waals surface area contributed by atoms with Crippen molar-refractivity contribution >= 4 is 11.8 Å². The molecular weight excluding hydrogens is 335 g/mol. The smallest absolute Gasteiger partial charge is 0.257 e. The number of hydrogen-bond acceptors (Lipinski definition) is 3. The molecule has 1 aromatic heterocycles. The summed E-state index contributed by atoms with van der Waals surface area (Å²) in [5.41, 5.74) is 1.38. The molecule has 0 unspecified atom stereocenters. The molecule has 2 heterocycles. The van der Waals surface area contributed by atoms with E-state index in [1.165, 1.54) is 24.7 Å². The van der Waals surface area contributed by atoms with Crippen LogP contribution in [0.25, 0.3) is 0 Å². The zero-order chi connectivity index (χ0) is 18.7. The zero-order valence-corrected chi connectivity index (χ0v) is 15.0. The Morgan fingerprint density at radius 3 is 2.65 bits per heavy atom. The van der Waals surface area contributed by atoms with E-state index in [1.807, 2.05) is 6.92 Å². The molecule has 2 atom stereocenters. The maximum Gasteiger partial charge on any atom is 0.257 e. The summed E-state index contributed by atoms with van der Waals surface area (Å²) in [5, 5.41) is 0. The molecule has 0 bridgehead atoms. The van der Waals surface area contributed by atoms with Crippen LogP contribution in [0.1, 0.15) is 41.7 Å². The van der Waals surface area contributed by atoms with Gasteiger partial charge in [0, 0.05) is 20.1 Å². The molecule has 2 aromatic rings. The van der Waals surface area contributed by atoms with Crippen LogP contribution in [0, 0.1) is 11.7 Å². The summed E-state index contributed by atoms with van der Waals surface area (Å²) in [6, 6.07) is 7.66. The highest BCUT2D eigenvalue weighted by Gasteiger charge is 2.32. The highest BCUT2D eigenvalue weighted by molar-refractivity contribution is 5.94. The van der Waals surface area contributed by atoms with Crippen LogP contribution in [0.5, 0.6) is 0 Å². The van der Waals surface area contributed by atoms with Crippen molar-refractivity contribution in [2.24, 2.45) is 5.92 Å². The third-order valence-corrected chi connectivity index (χ3v) is 5.11. The second-order valence-electron chi connectivity index (χ2n) is 6.78. The third-order valence-electron chi connectivity index (χ3n) is 5.11. The van der Waals surface area contributed by atoms with Gasteiger partial charge in [-0.1, -0.05) is 12.1 Å². The first-order valence-corrected chi connectivity index (χ1v) is 8.81. The van der Waals surface area contributed by atoms with Gasteiger partial charge in [0.1, 0.15) is 12.1 Å². The molecular formula is C20H23FN2O3. The van der Waals surface area contributed by atoms with Gasteiger partial charge >= 0.3 is 0 Å². The molecule has 1 aliphatic heterocycles. The van der Waals surface area contributed by atoms with Gasteiger partial charge in [-0.05, 0) is 43.5 Å². The van der Waals surface area contributed by atoms with Crippen LogP contribution in [0.15, 0.2) is 47.3 Å². The van der Waals surface area contributed by atoms with E-state index in [4.69, 9.17) is 4.42 Å². The van der Waals surface area contributed by atoms with E-state index in [-0.39, 0.29) is 29.6 Å². The van der Waals surface area contributed by atoms with Crippen LogP contribution < -0.4 is 0 Å². The van der Waals surface area contributed by atoms with Crippen LogP contribution in [0.2, 0.25) is 0 Å². The van der Waals surface area contributed by atoms with Gasteiger partial charge in [-0.15, -0.1) is 0 Å². The summed E-state index contributed by atoms with van der Waals surface area (Å²) in [7, 11) is 1.76. The number of carbonyl (C=O) groups is 2. The number of rotatable bonds is 4. The number of likely N-dealkylation sites (tertiary alicyclic amines) is 1. The van der Waals surface area contributed by atoms with Gasteiger partial charge in [0.2, 0.25) is 5.91 Å². The molecule has 0 aliphatic carbocycles. The molecule has 26 heavy (non-hydrogen) atoms. The molecule has 0 N–H and O–H groups in total. The van der Waals surface area contributed by atoms with Gasteiger partial charge < -0.3 is 14.2 Å². The van der Waals surface area contributed by atoms with E-state index < -0.39 is 0 Å². The molecule has 2 amide bonds. The summed E-state index contributed by atoms with van der Waals surface area (Å²) in [5.74, 6) is -0.625.